The minimum Gasteiger partial charge on any atom is -0.508 e. The van der Waals surface area contributed by atoms with Gasteiger partial charge in [0.1, 0.15) is 11.4 Å². The lowest BCUT2D eigenvalue weighted by molar-refractivity contribution is -0.385. The molecule has 2 aromatic rings. The summed E-state index contributed by atoms with van der Waals surface area (Å²) in [5, 5.41) is 24.0. The number of benzene rings is 1. The number of aromatic nitrogens is 2. The fourth-order valence-electron chi connectivity index (χ4n) is 1.94. The summed E-state index contributed by atoms with van der Waals surface area (Å²) in [5.41, 5.74) is 0.567. The number of nitrogens with one attached hydrogen (secondary N) is 1. The molecule has 8 nitrogen and oxygen atoms in total. The molecule has 1 aromatic carbocycles. The number of aryl methyl sites for hydroxylation is 1. The second-order valence-corrected chi connectivity index (χ2v) is 5.52. The Bertz CT molecular complexity index is 739. The standard InChI is InChI=1S/C14H15BrN4O4/c1-3-23-14-17-8(2)12(19(21)22)13(18-14)16-7-9-4-5-10(15)6-11(9)20/h4-6,20H,3,7H2,1-2H3,(H,16,17,18). The molecule has 0 bridgehead atoms. The van der Waals surface area contributed by atoms with Crippen molar-refractivity contribution in [2.24, 2.45) is 0 Å². The molecule has 23 heavy (non-hydrogen) atoms. The summed E-state index contributed by atoms with van der Waals surface area (Å²) in [6.45, 7) is 3.81. The van der Waals surface area contributed by atoms with E-state index in [1.807, 2.05) is 0 Å². The van der Waals surface area contributed by atoms with Crippen LogP contribution in [0.5, 0.6) is 11.8 Å². The van der Waals surface area contributed by atoms with Gasteiger partial charge in [-0.25, -0.2) is 0 Å². The Labute approximate surface area is 140 Å². The van der Waals surface area contributed by atoms with Gasteiger partial charge in [-0.05, 0) is 26.0 Å². The molecular weight excluding hydrogens is 368 g/mol. The minimum atomic E-state index is -0.547. The number of anilines is 1. The molecule has 1 heterocycles. The maximum Gasteiger partial charge on any atom is 0.332 e. The average Bonchev–Trinajstić information content (AvgIpc) is 2.45. The molecule has 2 rings (SSSR count). The Kier molecular flexibility index (Phi) is 5.32. The predicted octanol–water partition coefficient (Wildman–Crippen LogP) is 3.17. The maximum absolute atomic E-state index is 11.2. The van der Waals surface area contributed by atoms with E-state index in [9.17, 15) is 15.2 Å². The lowest BCUT2D eigenvalue weighted by Gasteiger charge is -2.10. The lowest BCUT2D eigenvalue weighted by Crippen LogP contribution is -2.09. The number of hydrogen-bond acceptors (Lipinski definition) is 7. The Morgan fingerprint density at radius 1 is 1.43 bits per heavy atom. The van der Waals surface area contributed by atoms with Crippen LogP contribution >= 0.6 is 15.9 Å². The van der Waals surface area contributed by atoms with Crippen molar-refractivity contribution < 1.29 is 14.8 Å². The Hall–Kier alpha value is -2.42. The van der Waals surface area contributed by atoms with Crippen LogP contribution in [0.15, 0.2) is 22.7 Å². The van der Waals surface area contributed by atoms with E-state index >= 15 is 0 Å². The molecule has 0 aliphatic rings. The average molecular weight is 383 g/mol. The number of phenolic OH excluding ortho intramolecular Hbond substituents is 1. The molecule has 9 heteroatoms. The minimum absolute atomic E-state index is 0.0493. The molecule has 1 aromatic heterocycles. The highest BCUT2D eigenvalue weighted by Gasteiger charge is 2.22. The van der Waals surface area contributed by atoms with Gasteiger partial charge in [0.05, 0.1) is 11.5 Å². The molecular formula is C14H15BrN4O4. The van der Waals surface area contributed by atoms with Gasteiger partial charge in [0.15, 0.2) is 0 Å². The van der Waals surface area contributed by atoms with Crippen LogP contribution in [0.2, 0.25) is 0 Å². The van der Waals surface area contributed by atoms with Crippen LogP contribution in [0.4, 0.5) is 11.5 Å². The molecule has 0 atom stereocenters. The third-order valence-corrected chi connectivity index (χ3v) is 3.48. The van der Waals surface area contributed by atoms with Gasteiger partial charge < -0.3 is 15.2 Å². The number of hydrogen-bond donors (Lipinski definition) is 2. The van der Waals surface area contributed by atoms with Crippen LogP contribution < -0.4 is 10.1 Å². The molecule has 0 saturated carbocycles. The summed E-state index contributed by atoms with van der Waals surface area (Å²) in [6, 6.07) is 5.08. The first-order valence-electron chi connectivity index (χ1n) is 6.79. The third-order valence-electron chi connectivity index (χ3n) is 2.99. The van der Waals surface area contributed by atoms with E-state index in [1.165, 1.54) is 6.92 Å². The second kappa shape index (κ2) is 7.23. The second-order valence-electron chi connectivity index (χ2n) is 4.61. The molecule has 0 aliphatic heterocycles. The fourth-order valence-corrected chi connectivity index (χ4v) is 2.29. The van der Waals surface area contributed by atoms with Crippen molar-refractivity contribution in [3.05, 3.63) is 44.0 Å². The van der Waals surface area contributed by atoms with E-state index in [4.69, 9.17) is 4.74 Å². The number of phenols is 1. The van der Waals surface area contributed by atoms with Crippen molar-refractivity contribution in [3.8, 4) is 11.8 Å². The van der Waals surface area contributed by atoms with Crippen LogP contribution in [-0.2, 0) is 6.54 Å². The van der Waals surface area contributed by atoms with Gasteiger partial charge in [-0.2, -0.15) is 9.97 Å². The topological polar surface area (TPSA) is 110 Å². The van der Waals surface area contributed by atoms with Gasteiger partial charge in [0.2, 0.25) is 5.82 Å². The summed E-state index contributed by atoms with van der Waals surface area (Å²) < 4.78 is 5.95. The summed E-state index contributed by atoms with van der Waals surface area (Å²) in [5.74, 6) is 0.124. The Morgan fingerprint density at radius 2 is 2.17 bits per heavy atom. The zero-order valence-electron chi connectivity index (χ0n) is 12.5. The van der Waals surface area contributed by atoms with Gasteiger partial charge in [-0.3, -0.25) is 10.1 Å². The first-order valence-corrected chi connectivity index (χ1v) is 7.58. The van der Waals surface area contributed by atoms with Crippen LogP contribution in [0.1, 0.15) is 18.2 Å². The van der Waals surface area contributed by atoms with E-state index in [-0.39, 0.29) is 35.5 Å². The summed E-state index contributed by atoms with van der Waals surface area (Å²) in [4.78, 5) is 18.7. The van der Waals surface area contributed by atoms with E-state index in [1.54, 1.807) is 25.1 Å². The molecule has 2 N–H and O–H groups in total. The summed E-state index contributed by atoms with van der Waals surface area (Å²) >= 11 is 3.25. The van der Waals surface area contributed by atoms with Crippen molar-refractivity contribution in [1.82, 2.24) is 9.97 Å². The number of halogens is 1. The Balaban J connectivity index is 2.31. The van der Waals surface area contributed by atoms with Gasteiger partial charge >= 0.3 is 11.7 Å². The highest BCUT2D eigenvalue weighted by atomic mass is 79.9. The summed E-state index contributed by atoms with van der Waals surface area (Å²) in [6.07, 6.45) is 0. The Morgan fingerprint density at radius 3 is 2.78 bits per heavy atom. The van der Waals surface area contributed by atoms with E-state index in [0.29, 0.717) is 12.2 Å². The SMILES string of the molecule is CCOc1nc(C)c([N+](=O)[O-])c(NCc2ccc(Br)cc2O)n1. The summed E-state index contributed by atoms with van der Waals surface area (Å²) in [7, 11) is 0. The fraction of sp³-hybridized carbons (Fsp3) is 0.286. The van der Waals surface area contributed by atoms with E-state index in [2.05, 4.69) is 31.2 Å². The third kappa shape index (κ3) is 4.07. The number of nitrogens with zero attached hydrogens (tertiary/aromatic N) is 3. The lowest BCUT2D eigenvalue weighted by atomic mass is 10.2. The smallest absolute Gasteiger partial charge is 0.332 e. The zero-order valence-corrected chi connectivity index (χ0v) is 14.1. The number of aromatic hydroxyl groups is 1. The monoisotopic (exact) mass is 382 g/mol. The van der Waals surface area contributed by atoms with Crippen molar-refractivity contribution in [1.29, 1.82) is 0 Å². The van der Waals surface area contributed by atoms with E-state index in [0.717, 1.165) is 4.47 Å². The van der Waals surface area contributed by atoms with Crippen molar-refractivity contribution in [2.75, 3.05) is 11.9 Å². The van der Waals surface area contributed by atoms with Crippen molar-refractivity contribution in [2.45, 2.75) is 20.4 Å². The molecule has 0 aliphatic carbocycles. The number of ether oxygens (including phenoxy) is 1. The highest BCUT2D eigenvalue weighted by Crippen LogP contribution is 2.29. The number of nitro groups is 1. The zero-order chi connectivity index (χ0) is 17.0. The predicted molar refractivity (Wildman–Crippen MR) is 87.7 cm³/mol. The van der Waals surface area contributed by atoms with Gasteiger partial charge in [0.25, 0.3) is 0 Å². The van der Waals surface area contributed by atoms with Gasteiger partial charge in [0, 0.05) is 16.6 Å². The highest BCUT2D eigenvalue weighted by molar-refractivity contribution is 9.10. The van der Waals surface area contributed by atoms with Crippen LogP contribution in [0, 0.1) is 17.0 Å². The van der Waals surface area contributed by atoms with Crippen molar-refractivity contribution >= 4 is 27.4 Å². The van der Waals surface area contributed by atoms with Crippen LogP contribution in [-0.4, -0.2) is 26.6 Å². The van der Waals surface area contributed by atoms with Gasteiger partial charge in [-0.1, -0.05) is 22.0 Å². The first kappa shape index (κ1) is 16.9. The molecule has 0 radical (unpaired) electrons. The quantitative estimate of drug-likeness (QED) is 0.582. The largest absolute Gasteiger partial charge is 0.508 e. The molecule has 0 fully saturated rings. The molecule has 0 spiro atoms. The first-order chi connectivity index (χ1) is 10.9. The van der Waals surface area contributed by atoms with Crippen LogP contribution in [0.25, 0.3) is 0 Å². The molecule has 0 saturated heterocycles. The molecule has 0 amide bonds. The van der Waals surface area contributed by atoms with Crippen molar-refractivity contribution in [3.63, 3.8) is 0 Å². The van der Waals surface area contributed by atoms with E-state index < -0.39 is 4.92 Å². The van der Waals surface area contributed by atoms with Gasteiger partial charge in [-0.15, -0.1) is 0 Å². The maximum atomic E-state index is 11.2. The molecule has 122 valence electrons. The number of rotatable bonds is 6. The normalized spacial score (nSPS) is 10.4. The molecule has 0 unspecified atom stereocenters. The van der Waals surface area contributed by atoms with Crippen LogP contribution in [0.3, 0.4) is 0 Å².